The van der Waals surface area contributed by atoms with Crippen LogP contribution in [-0.2, 0) is 14.3 Å². The molecule has 0 N–H and O–H groups in total. The zero-order valence-corrected chi connectivity index (χ0v) is 9.43. The zero-order chi connectivity index (χ0) is 10.6. The summed E-state index contributed by atoms with van der Waals surface area (Å²) in [6, 6.07) is 0. The summed E-state index contributed by atoms with van der Waals surface area (Å²) in [7, 11) is 0. The van der Waals surface area contributed by atoms with E-state index in [1.165, 1.54) is 12.8 Å². The summed E-state index contributed by atoms with van der Waals surface area (Å²) in [4.78, 5) is 21.9. The lowest BCUT2D eigenvalue weighted by Gasteiger charge is -2.12. The lowest BCUT2D eigenvalue weighted by molar-refractivity contribution is -0.151. The molecular weight excluding hydrogens is 200 g/mol. The van der Waals surface area contributed by atoms with Crippen molar-refractivity contribution >= 4 is 23.7 Å². The van der Waals surface area contributed by atoms with Crippen LogP contribution >= 0.6 is 11.8 Å². The van der Waals surface area contributed by atoms with Gasteiger partial charge in [-0.25, -0.2) is 0 Å². The molecule has 0 aromatic rings. The Hall–Kier alpha value is -0.510. The van der Waals surface area contributed by atoms with Crippen LogP contribution in [0.25, 0.3) is 0 Å². The van der Waals surface area contributed by atoms with Crippen molar-refractivity contribution in [2.45, 2.75) is 50.0 Å². The fraction of sp³-hybridized carbons (Fsp3) is 0.800. The molecule has 0 radical (unpaired) electrons. The van der Waals surface area contributed by atoms with Crippen molar-refractivity contribution in [3.05, 3.63) is 0 Å². The van der Waals surface area contributed by atoms with Gasteiger partial charge in [0.25, 0.3) is 0 Å². The van der Waals surface area contributed by atoms with E-state index >= 15 is 0 Å². The van der Waals surface area contributed by atoms with E-state index < -0.39 is 0 Å². The Labute approximate surface area is 88.6 Å². The minimum absolute atomic E-state index is 0.250. The molecule has 0 spiro atoms. The molecule has 14 heavy (non-hydrogen) atoms. The SMILES string of the molecule is CCCCC(C)SC1CC(=O)OC1=O. The second-order valence-electron chi connectivity index (χ2n) is 3.57. The van der Waals surface area contributed by atoms with Gasteiger partial charge in [0, 0.05) is 5.25 Å². The third kappa shape index (κ3) is 3.33. The number of rotatable bonds is 5. The largest absolute Gasteiger partial charge is 0.392 e. The Bertz CT molecular complexity index is 227. The van der Waals surface area contributed by atoms with Crippen molar-refractivity contribution in [2.24, 2.45) is 0 Å². The highest BCUT2D eigenvalue weighted by Gasteiger charge is 2.34. The zero-order valence-electron chi connectivity index (χ0n) is 8.62. The van der Waals surface area contributed by atoms with Gasteiger partial charge >= 0.3 is 11.9 Å². The van der Waals surface area contributed by atoms with Crippen LogP contribution in [-0.4, -0.2) is 22.4 Å². The van der Waals surface area contributed by atoms with Crippen LogP contribution in [0.1, 0.15) is 39.5 Å². The number of carbonyl (C=O) groups excluding carboxylic acids is 2. The highest BCUT2D eigenvalue weighted by Crippen LogP contribution is 2.28. The molecule has 1 saturated heterocycles. The molecule has 0 bridgehead atoms. The maximum absolute atomic E-state index is 11.1. The van der Waals surface area contributed by atoms with Crippen LogP contribution in [0, 0.1) is 0 Å². The van der Waals surface area contributed by atoms with Gasteiger partial charge in [-0.15, -0.1) is 11.8 Å². The molecule has 1 rings (SSSR count). The van der Waals surface area contributed by atoms with Gasteiger partial charge in [0.1, 0.15) is 5.25 Å². The topological polar surface area (TPSA) is 43.4 Å². The second-order valence-corrected chi connectivity index (χ2v) is 5.22. The highest BCUT2D eigenvalue weighted by atomic mass is 32.2. The molecule has 1 aliphatic rings. The summed E-state index contributed by atoms with van der Waals surface area (Å²) in [6.07, 6.45) is 3.68. The van der Waals surface area contributed by atoms with Crippen LogP contribution in [0.5, 0.6) is 0 Å². The third-order valence-electron chi connectivity index (χ3n) is 2.19. The van der Waals surface area contributed by atoms with Crippen molar-refractivity contribution in [1.29, 1.82) is 0 Å². The molecule has 4 heteroatoms. The van der Waals surface area contributed by atoms with Gasteiger partial charge in [0.15, 0.2) is 0 Å². The second kappa shape index (κ2) is 5.39. The van der Waals surface area contributed by atoms with Gasteiger partial charge in [-0.3, -0.25) is 9.59 Å². The standard InChI is InChI=1S/C10H16O3S/c1-3-4-5-7(2)14-8-6-9(11)13-10(8)12/h7-8H,3-6H2,1-2H3. The Balaban J connectivity index is 2.29. The van der Waals surface area contributed by atoms with Crippen molar-refractivity contribution in [1.82, 2.24) is 0 Å². The van der Waals surface area contributed by atoms with Crippen molar-refractivity contribution < 1.29 is 14.3 Å². The summed E-state index contributed by atoms with van der Waals surface area (Å²) in [5, 5.41) is 0.174. The lowest BCUT2D eigenvalue weighted by Crippen LogP contribution is -2.13. The number of thioether (sulfide) groups is 1. The Morgan fingerprint density at radius 2 is 2.29 bits per heavy atom. The summed E-state index contributed by atoms with van der Waals surface area (Å²) in [5.41, 5.74) is 0. The van der Waals surface area contributed by atoms with Gasteiger partial charge in [-0.05, 0) is 6.42 Å². The third-order valence-corrected chi connectivity index (χ3v) is 3.58. The highest BCUT2D eigenvalue weighted by molar-refractivity contribution is 8.01. The summed E-state index contributed by atoms with van der Waals surface area (Å²) in [5.74, 6) is -0.737. The molecule has 0 aromatic heterocycles. The van der Waals surface area contributed by atoms with Crippen LogP contribution in [0.4, 0.5) is 0 Å². The molecule has 0 saturated carbocycles. The molecule has 0 amide bonds. The quantitative estimate of drug-likeness (QED) is 0.521. The number of unbranched alkanes of at least 4 members (excludes halogenated alkanes) is 1. The van der Waals surface area contributed by atoms with E-state index in [9.17, 15) is 9.59 Å². The van der Waals surface area contributed by atoms with Crippen LogP contribution in [0.3, 0.4) is 0 Å². The van der Waals surface area contributed by atoms with Crippen LogP contribution < -0.4 is 0 Å². The Morgan fingerprint density at radius 1 is 1.57 bits per heavy atom. The van der Waals surface area contributed by atoms with E-state index in [2.05, 4.69) is 18.6 Å². The average Bonchev–Trinajstić information content (AvgIpc) is 2.42. The van der Waals surface area contributed by atoms with E-state index in [4.69, 9.17) is 0 Å². The molecule has 0 aromatic carbocycles. The minimum atomic E-state index is -0.379. The number of hydrogen-bond donors (Lipinski definition) is 0. The van der Waals surface area contributed by atoms with Crippen molar-refractivity contribution in [3.63, 3.8) is 0 Å². The fourth-order valence-corrected chi connectivity index (χ4v) is 2.65. The number of hydrogen-bond acceptors (Lipinski definition) is 4. The van der Waals surface area contributed by atoms with E-state index in [-0.39, 0.29) is 23.6 Å². The van der Waals surface area contributed by atoms with Gasteiger partial charge in [0.05, 0.1) is 6.42 Å². The molecule has 80 valence electrons. The first-order chi connectivity index (χ1) is 6.63. The molecule has 2 atom stereocenters. The maximum Gasteiger partial charge on any atom is 0.327 e. The molecule has 1 heterocycles. The maximum atomic E-state index is 11.1. The molecular formula is C10H16O3S. The van der Waals surface area contributed by atoms with Crippen LogP contribution in [0.15, 0.2) is 0 Å². The summed E-state index contributed by atoms with van der Waals surface area (Å²) >= 11 is 1.56. The lowest BCUT2D eigenvalue weighted by atomic mass is 10.2. The smallest absolute Gasteiger partial charge is 0.327 e. The van der Waals surface area contributed by atoms with E-state index in [1.54, 1.807) is 11.8 Å². The summed E-state index contributed by atoms with van der Waals surface area (Å²) < 4.78 is 4.48. The van der Waals surface area contributed by atoms with E-state index in [0.29, 0.717) is 5.25 Å². The van der Waals surface area contributed by atoms with Crippen LogP contribution in [0.2, 0.25) is 0 Å². The first-order valence-electron chi connectivity index (χ1n) is 5.03. The average molecular weight is 216 g/mol. The van der Waals surface area contributed by atoms with Gasteiger partial charge in [-0.1, -0.05) is 26.7 Å². The molecule has 2 unspecified atom stereocenters. The molecule has 3 nitrogen and oxygen atoms in total. The first-order valence-corrected chi connectivity index (χ1v) is 5.97. The van der Waals surface area contributed by atoms with Gasteiger partial charge in [-0.2, -0.15) is 0 Å². The predicted molar refractivity (Wildman–Crippen MR) is 56.1 cm³/mol. The normalized spacial score (nSPS) is 23.7. The molecule has 0 aliphatic carbocycles. The van der Waals surface area contributed by atoms with E-state index in [0.717, 1.165) is 6.42 Å². The van der Waals surface area contributed by atoms with Crippen molar-refractivity contribution in [2.75, 3.05) is 0 Å². The Kier molecular flexibility index (Phi) is 4.45. The van der Waals surface area contributed by atoms with E-state index in [1.807, 2.05) is 0 Å². The fourth-order valence-electron chi connectivity index (χ4n) is 1.40. The first kappa shape index (κ1) is 11.6. The van der Waals surface area contributed by atoms with Crippen molar-refractivity contribution in [3.8, 4) is 0 Å². The number of ether oxygens (including phenoxy) is 1. The Morgan fingerprint density at radius 3 is 2.79 bits per heavy atom. The monoisotopic (exact) mass is 216 g/mol. The number of carbonyl (C=O) groups is 2. The molecule has 1 fully saturated rings. The number of esters is 2. The predicted octanol–water partition coefficient (Wildman–Crippen LogP) is 2.14. The number of cyclic esters (lactones) is 2. The minimum Gasteiger partial charge on any atom is -0.392 e. The summed E-state index contributed by atoms with van der Waals surface area (Å²) in [6.45, 7) is 4.24. The molecule has 1 aliphatic heterocycles. The van der Waals surface area contributed by atoms with Gasteiger partial charge < -0.3 is 4.74 Å². The van der Waals surface area contributed by atoms with Gasteiger partial charge in [0.2, 0.25) is 0 Å².